The van der Waals surface area contributed by atoms with Crippen molar-refractivity contribution in [2.75, 3.05) is 13.2 Å². The van der Waals surface area contributed by atoms with E-state index in [0.29, 0.717) is 5.56 Å². The summed E-state index contributed by atoms with van der Waals surface area (Å²) in [5.41, 5.74) is 4.55. The van der Waals surface area contributed by atoms with Gasteiger partial charge in [-0.2, -0.15) is 5.10 Å². The third-order valence-electron chi connectivity index (χ3n) is 5.79. The molecule has 160 valence electrons. The van der Waals surface area contributed by atoms with Crippen LogP contribution in [0.15, 0.2) is 54.6 Å². The van der Waals surface area contributed by atoms with E-state index in [4.69, 9.17) is 4.74 Å². The number of aryl methyl sites for hydroxylation is 1. The van der Waals surface area contributed by atoms with Gasteiger partial charge in [-0.1, -0.05) is 24.3 Å². The molecule has 0 radical (unpaired) electrons. The lowest BCUT2D eigenvalue weighted by Gasteiger charge is -2.21. The Labute approximate surface area is 182 Å². The zero-order valence-electron chi connectivity index (χ0n) is 18.2. The topological polar surface area (TPSA) is 64.4 Å². The number of hydrogen-bond acceptors (Lipinski definition) is 4. The Morgan fingerprint density at radius 3 is 2.52 bits per heavy atom. The summed E-state index contributed by atoms with van der Waals surface area (Å²) in [7, 11) is 0. The zero-order valence-corrected chi connectivity index (χ0v) is 18.2. The summed E-state index contributed by atoms with van der Waals surface area (Å²) in [5.74, 6) is -0.394. The summed E-state index contributed by atoms with van der Waals surface area (Å²) in [5, 5.41) is 4.53. The second-order valence-corrected chi connectivity index (χ2v) is 7.90. The van der Waals surface area contributed by atoms with Crippen LogP contribution in [0.5, 0.6) is 0 Å². The minimum atomic E-state index is -0.453. The van der Waals surface area contributed by atoms with Gasteiger partial charge in [0.1, 0.15) is 0 Å². The van der Waals surface area contributed by atoms with Gasteiger partial charge >= 0.3 is 5.97 Å². The monoisotopic (exact) mass is 417 g/mol. The van der Waals surface area contributed by atoms with Crippen LogP contribution in [0.2, 0.25) is 0 Å². The summed E-state index contributed by atoms with van der Waals surface area (Å²) in [6.07, 6.45) is 2.10. The van der Waals surface area contributed by atoms with Crippen molar-refractivity contribution in [1.82, 2.24) is 14.7 Å². The number of carbonyl (C=O) groups is 2. The fourth-order valence-corrected chi connectivity index (χ4v) is 4.08. The highest BCUT2D eigenvalue weighted by Crippen LogP contribution is 2.28. The van der Waals surface area contributed by atoms with Crippen LogP contribution >= 0.6 is 0 Å². The van der Waals surface area contributed by atoms with E-state index in [2.05, 4.69) is 12.0 Å². The van der Waals surface area contributed by atoms with E-state index in [1.165, 1.54) is 0 Å². The van der Waals surface area contributed by atoms with Gasteiger partial charge in [0.15, 0.2) is 5.69 Å². The van der Waals surface area contributed by atoms with Crippen LogP contribution in [-0.2, 0) is 4.74 Å². The molecule has 3 aromatic rings. The number of nitrogens with zero attached hydrogens (tertiary/aromatic N) is 3. The molecule has 0 unspecified atom stereocenters. The van der Waals surface area contributed by atoms with Crippen LogP contribution in [-0.4, -0.2) is 45.8 Å². The molecular formula is C25H27N3O3. The van der Waals surface area contributed by atoms with Gasteiger partial charge in [-0.3, -0.25) is 4.79 Å². The molecule has 1 aromatic heterocycles. The van der Waals surface area contributed by atoms with Gasteiger partial charge in [0.05, 0.1) is 18.0 Å². The van der Waals surface area contributed by atoms with Gasteiger partial charge in [-0.15, -0.1) is 0 Å². The average Bonchev–Trinajstić information content (AvgIpc) is 3.40. The number of ether oxygens (including phenoxy) is 1. The minimum absolute atomic E-state index is 0.0587. The van der Waals surface area contributed by atoms with E-state index in [-0.39, 0.29) is 24.2 Å². The fraction of sp³-hybridized carbons (Fsp3) is 0.320. The van der Waals surface area contributed by atoms with Crippen molar-refractivity contribution in [1.29, 1.82) is 0 Å². The number of aromatic nitrogens is 2. The summed E-state index contributed by atoms with van der Waals surface area (Å²) in [4.78, 5) is 27.1. The fourth-order valence-electron chi connectivity index (χ4n) is 4.08. The molecule has 4 rings (SSSR count). The van der Waals surface area contributed by atoms with Crippen molar-refractivity contribution < 1.29 is 14.3 Å². The standard InChI is InChI=1S/C25H27N3O3/c1-4-31-25(30)22-16-23(21-10-6-5-8-17(21)2)28(26-22)20-13-11-19(12-14-20)24(29)27-15-7-9-18(27)3/h5-6,8,10-14,16,18H,4,7,9,15H2,1-3H3/t18-/m0/s1. The Morgan fingerprint density at radius 2 is 1.87 bits per heavy atom. The third kappa shape index (κ3) is 4.10. The van der Waals surface area contributed by atoms with E-state index < -0.39 is 5.97 Å². The molecule has 6 nitrogen and oxygen atoms in total. The molecule has 0 aliphatic carbocycles. The van der Waals surface area contributed by atoms with Crippen LogP contribution in [0, 0.1) is 6.92 Å². The van der Waals surface area contributed by atoms with Crippen LogP contribution in [0.25, 0.3) is 16.9 Å². The highest BCUT2D eigenvalue weighted by atomic mass is 16.5. The number of carbonyl (C=O) groups excluding carboxylic acids is 2. The lowest BCUT2D eigenvalue weighted by Crippen LogP contribution is -2.33. The smallest absolute Gasteiger partial charge is 0.358 e. The van der Waals surface area contributed by atoms with Crippen molar-refractivity contribution >= 4 is 11.9 Å². The number of esters is 1. The quantitative estimate of drug-likeness (QED) is 0.567. The summed E-state index contributed by atoms with van der Waals surface area (Å²) >= 11 is 0. The Bertz CT molecular complexity index is 1100. The highest BCUT2D eigenvalue weighted by Gasteiger charge is 2.26. The van der Waals surface area contributed by atoms with Crippen molar-refractivity contribution in [3.8, 4) is 16.9 Å². The molecule has 31 heavy (non-hydrogen) atoms. The highest BCUT2D eigenvalue weighted by molar-refractivity contribution is 5.95. The second-order valence-electron chi connectivity index (χ2n) is 7.90. The number of likely N-dealkylation sites (tertiary alicyclic amines) is 1. The lowest BCUT2D eigenvalue weighted by atomic mass is 10.1. The molecule has 1 amide bonds. The molecule has 0 spiro atoms. The molecule has 1 atom stereocenters. The van der Waals surface area contributed by atoms with E-state index in [1.54, 1.807) is 17.7 Å². The maximum Gasteiger partial charge on any atom is 0.358 e. The first-order valence-electron chi connectivity index (χ1n) is 10.7. The van der Waals surface area contributed by atoms with Crippen molar-refractivity contribution in [3.05, 3.63) is 71.4 Å². The first kappa shape index (κ1) is 20.8. The SMILES string of the molecule is CCOC(=O)c1cc(-c2ccccc2C)n(-c2ccc(C(=O)N3CCC[C@@H]3C)cc2)n1. The first-order chi connectivity index (χ1) is 15.0. The van der Waals surface area contributed by atoms with Gasteiger partial charge in [-0.25, -0.2) is 9.48 Å². The van der Waals surface area contributed by atoms with Gasteiger partial charge in [-0.05, 0) is 69.5 Å². The lowest BCUT2D eigenvalue weighted by molar-refractivity contribution is 0.0518. The van der Waals surface area contributed by atoms with Crippen molar-refractivity contribution in [3.63, 3.8) is 0 Å². The van der Waals surface area contributed by atoms with Crippen molar-refractivity contribution in [2.24, 2.45) is 0 Å². The molecule has 1 fully saturated rings. The molecule has 6 heteroatoms. The maximum atomic E-state index is 12.8. The van der Waals surface area contributed by atoms with Gasteiger partial charge in [0.25, 0.3) is 5.91 Å². The Balaban J connectivity index is 1.72. The Kier molecular flexibility index (Phi) is 5.89. The van der Waals surface area contributed by atoms with Crippen molar-refractivity contribution in [2.45, 2.75) is 39.7 Å². The molecule has 0 N–H and O–H groups in total. The number of amides is 1. The van der Waals surface area contributed by atoms with Gasteiger partial charge < -0.3 is 9.64 Å². The summed E-state index contributed by atoms with van der Waals surface area (Å²) < 4.78 is 6.89. The normalized spacial score (nSPS) is 15.8. The van der Waals surface area contributed by atoms with Crippen LogP contribution in [0.1, 0.15) is 53.1 Å². The molecule has 2 heterocycles. The maximum absolute atomic E-state index is 12.8. The van der Waals surface area contributed by atoms with Gasteiger partial charge in [0.2, 0.25) is 0 Å². The average molecular weight is 418 g/mol. The number of hydrogen-bond donors (Lipinski definition) is 0. The van der Waals surface area contributed by atoms with E-state index in [0.717, 1.165) is 41.9 Å². The Morgan fingerprint density at radius 1 is 1.13 bits per heavy atom. The first-order valence-corrected chi connectivity index (χ1v) is 10.7. The third-order valence-corrected chi connectivity index (χ3v) is 5.79. The van der Waals surface area contributed by atoms with Crippen LogP contribution in [0.3, 0.4) is 0 Å². The molecule has 1 saturated heterocycles. The number of rotatable bonds is 5. The Hall–Kier alpha value is -3.41. The molecule has 2 aromatic carbocycles. The van der Waals surface area contributed by atoms with E-state index >= 15 is 0 Å². The molecule has 0 bridgehead atoms. The molecule has 0 saturated carbocycles. The van der Waals surface area contributed by atoms with Gasteiger partial charge in [0, 0.05) is 23.7 Å². The predicted octanol–water partition coefficient (Wildman–Crippen LogP) is 4.65. The minimum Gasteiger partial charge on any atom is -0.461 e. The molecule has 1 aliphatic rings. The van der Waals surface area contributed by atoms with Crippen LogP contribution < -0.4 is 0 Å². The second kappa shape index (κ2) is 8.76. The largest absolute Gasteiger partial charge is 0.461 e. The van der Waals surface area contributed by atoms with E-state index in [1.807, 2.05) is 60.4 Å². The zero-order chi connectivity index (χ0) is 22.0. The van der Waals surface area contributed by atoms with Crippen LogP contribution in [0.4, 0.5) is 0 Å². The summed E-state index contributed by atoms with van der Waals surface area (Å²) in [6, 6.07) is 17.4. The predicted molar refractivity (Wildman–Crippen MR) is 119 cm³/mol. The summed E-state index contributed by atoms with van der Waals surface area (Å²) in [6.45, 7) is 6.98. The number of benzene rings is 2. The molecular weight excluding hydrogens is 390 g/mol. The molecule has 1 aliphatic heterocycles. The van der Waals surface area contributed by atoms with E-state index in [9.17, 15) is 9.59 Å².